The van der Waals surface area contributed by atoms with E-state index in [1.165, 1.54) is 5.56 Å². The van der Waals surface area contributed by atoms with E-state index in [9.17, 15) is 0 Å². The molecule has 31 heavy (non-hydrogen) atoms. The summed E-state index contributed by atoms with van der Waals surface area (Å²) in [5.41, 5.74) is 5.20. The third-order valence-electron chi connectivity index (χ3n) is 6.10. The van der Waals surface area contributed by atoms with Gasteiger partial charge in [-0.15, -0.1) is 0 Å². The normalized spacial score (nSPS) is 16.4. The molecule has 1 fully saturated rings. The molecule has 2 aromatic heterocycles. The third kappa shape index (κ3) is 4.03. The topological polar surface area (TPSA) is 82.7 Å². The van der Waals surface area contributed by atoms with Crippen molar-refractivity contribution < 1.29 is 0 Å². The van der Waals surface area contributed by atoms with Gasteiger partial charge in [0, 0.05) is 37.3 Å². The fourth-order valence-corrected chi connectivity index (χ4v) is 5.32. The Morgan fingerprint density at radius 1 is 1.19 bits per heavy atom. The highest BCUT2D eigenvalue weighted by Gasteiger charge is 2.25. The van der Waals surface area contributed by atoms with Gasteiger partial charge in [-0.2, -0.15) is 5.26 Å². The van der Waals surface area contributed by atoms with Crippen molar-refractivity contribution in [1.82, 2.24) is 23.8 Å². The van der Waals surface area contributed by atoms with E-state index in [1.54, 1.807) is 11.9 Å². The van der Waals surface area contributed by atoms with Gasteiger partial charge in [-0.25, -0.2) is 19.3 Å². The van der Waals surface area contributed by atoms with Crippen molar-refractivity contribution >= 4 is 17.9 Å². The van der Waals surface area contributed by atoms with Crippen LogP contribution in [0.15, 0.2) is 35.4 Å². The summed E-state index contributed by atoms with van der Waals surface area (Å²) in [6, 6.07) is 10.4. The molecule has 7 nitrogen and oxygen atoms in total. The minimum absolute atomic E-state index is 0.358. The molecule has 0 amide bonds. The van der Waals surface area contributed by atoms with Gasteiger partial charge in [0.25, 0.3) is 0 Å². The van der Waals surface area contributed by atoms with Gasteiger partial charge in [0.05, 0.1) is 28.7 Å². The lowest BCUT2D eigenvalue weighted by molar-refractivity contribution is 0.357. The van der Waals surface area contributed by atoms with Gasteiger partial charge >= 0.3 is 0 Å². The summed E-state index contributed by atoms with van der Waals surface area (Å²) in [7, 11) is 2.06. The number of hydrogen-bond acceptors (Lipinski definition) is 7. The number of hydrogen-bond donors (Lipinski definition) is 1. The Morgan fingerprint density at radius 3 is 2.84 bits per heavy atom. The van der Waals surface area contributed by atoms with E-state index in [2.05, 4.69) is 38.4 Å². The lowest BCUT2D eigenvalue weighted by atomic mass is 9.98. The van der Waals surface area contributed by atoms with Crippen LogP contribution in [0.5, 0.6) is 0 Å². The fraction of sp³-hybridized carbons (Fsp3) is 0.391. The van der Waals surface area contributed by atoms with Crippen LogP contribution in [0.3, 0.4) is 0 Å². The third-order valence-corrected chi connectivity index (χ3v) is 7.18. The summed E-state index contributed by atoms with van der Waals surface area (Å²) in [6.07, 6.45) is 5.93. The van der Waals surface area contributed by atoms with E-state index in [0.29, 0.717) is 17.6 Å². The highest BCUT2D eigenvalue weighted by Crippen LogP contribution is 2.33. The van der Waals surface area contributed by atoms with Gasteiger partial charge in [-0.1, -0.05) is 6.07 Å². The van der Waals surface area contributed by atoms with E-state index in [-0.39, 0.29) is 0 Å². The second-order valence-corrected chi connectivity index (χ2v) is 9.33. The smallest absolute Gasteiger partial charge is 0.223 e. The van der Waals surface area contributed by atoms with Gasteiger partial charge in [0.15, 0.2) is 0 Å². The number of imidazole rings is 1. The number of benzene rings is 1. The Kier molecular flexibility index (Phi) is 5.38. The Labute approximate surface area is 186 Å². The molecule has 2 aliphatic rings. The molecule has 0 atom stereocenters. The number of aryl methyl sites for hydroxylation is 3. The van der Waals surface area contributed by atoms with Crippen LogP contribution in [0.1, 0.15) is 35.5 Å². The average molecular weight is 432 g/mol. The lowest BCUT2D eigenvalue weighted by Crippen LogP contribution is -2.36. The number of nitrogens with zero attached hydrogens (tertiary/aromatic N) is 6. The Bertz CT molecular complexity index is 1160. The van der Waals surface area contributed by atoms with Gasteiger partial charge < -0.3 is 9.88 Å². The second-order valence-electron chi connectivity index (χ2n) is 8.16. The minimum Gasteiger partial charge on any atom is -0.351 e. The first-order valence-electron chi connectivity index (χ1n) is 10.7. The molecule has 1 saturated heterocycles. The first kappa shape index (κ1) is 20.0. The Balaban J connectivity index is 1.24. The SMILES string of the molecule is Cc1nc2c(n1C)-c1nc(NC3CCN(Sc4cccc(C#N)c4)CC3)ncc1CC2. The molecule has 1 aromatic carbocycles. The maximum absolute atomic E-state index is 9.09. The van der Waals surface area contributed by atoms with Gasteiger partial charge in [0.1, 0.15) is 5.82 Å². The van der Waals surface area contributed by atoms with Crippen LogP contribution >= 0.6 is 11.9 Å². The van der Waals surface area contributed by atoms with Crippen molar-refractivity contribution in [2.24, 2.45) is 7.05 Å². The maximum Gasteiger partial charge on any atom is 0.223 e. The van der Waals surface area contributed by atoms with E-state index >= 15 is 0 Å². The number of aromatic nitrogens is 4. The molecular weight excluding hydrogens is 406 g/mol. The van der Waals surface area contributed by atoms with Gasteiger partial charge in [-0.05, 0) is 68.3 Å². The molecule has 5 rings (SSSR count). The molecule has 1 aliphatic carbocycles. The molecule has 0 unspecified atom stereocenters. The summed E-state index contributed by atoms with van der Waals surface area (Å²) in [5, 5.41) is 12.6. The van der Waals surface area contributed by atoms with E-state index in [0.717, 1.165) is 66.6 Å². The van der Waals surface area contributed by atoms with Crippen LogP contribution < -0.4 is 5.32 Å². The van der Waals surface area contributed by atoms with E-state index in [4.69, 9.17) is 15.2 Å². The summed E-state index contributed by atoms with van der Waals surface area (Å²) >= 11 is 1.73. The zero-order valence-electron chi connectivity index (χ0n) is 17.8. The lowest BCUT2D eigenvalue weighted by Gasteiger charge is -2.31. The molecule has 0 spiro atoms. The zero-order valence-corrected chi connectivity index (χ0v) is 18.6. The number of piperidine rings is 1. The zero-order chi connectivity index (χ0) is 21.4. The maximum atomic E-state index is 9.09. The standard InChI is InChI=1S/C23H25N7S/c1-15-26-20-7-6-17-14-25-23(28-21(17)22(20)29(15)2)27-18-8-10-30(11-9-18)31-19-5-3-4-16(12-19)13-24/h3-5,12,14,18H,6-11H2,1-2H3,(H,25,27,28). The molecule has 3 aromatic rings. The van der Waals surface area contributed by atoms with Crippen molar-refractivity contribution in [1.29, 1.82) is 5.26 Å². The molecule has 158 valence electrons. The number of fused-ring (bicyclic) bond motifs is 3. The van der Waals surface area contributed by atoms with Crippen molar-refractivity contribution in [3.05, 3.63) is 53.1 Å². The summed E-state index contributed by atoms with van der Waals surface area (Å²) in [4.78, 5) is 15.3. The molecule has 1 N–H and O–H groups in total. The van der Waals surface area contributed by atoms with Gasteiger partial charge in [0.2, 0.25) is 5.95 Å². The van der Waals surface area contributed by atoms with Crippen molar-refractivity contribution in [3.8, 4) is 17.5 Å². The monoisotopic (exact) mass is 431 g/mol. The van der Waals surface area contributed by atoms with Crippen molar-refractivity contribution in [2.45, 2.75) is 43.5 Å². The highest BCUT2D eigenvalue weighted by atomic mass is 32.2. The predicted molar refractivity (Wildman–Crippen MR) is 122 cm³/mol. The predicted octanol–water partition coefficient (Wildman–Crippen LogP) is 3.74. The van der Waals surface area contributed by atoms with Gasteiger partial charge in [-0.3, -0.25) is 0 Å². The molecule has 3 heterocycles. The Morgan fingerprint density at radius 2 is 2.03 bits per heavy atom. The van der Waals surface area contributed by atoms with Crippen LogP contribution in [-0.2, 0) is 19.9 Å². The van der Waals surface area contributed by atoms with Crippen molar-refractivity contribution in [3.63, 3.8) is 0 Å². The molecule has 8 heteroatoms. The number of rotatable bonds is 4. The van der Waals surface area contributed by atoms with Crippen LogP contribution in [0.4, 0.5) is 5.95 Å². The number of nitrogens with one attached hydrogen (secondary N) is 1. The first-order chi connectivity index (χ1) is 15.1. The second kappa shape index (κ2) is 8.33. The van der Waals surface area contributed by atoms with E-state index < -0.39 is 0 Å². The molecule has 1 aliphatic heterocycles. The van der Waals surface area contributed by atoms with Crippen molar-refractivity contribution in [2.75, 3.05) is 18.4 Å². The fourth-order valence-electron chi connectivity index (χ4n) is 4.31. The van der Waals surface area contributed by atoms with Crippen LogP contribution in [-0.4, -0.2) is 43.0 Å². The summed E-state index contributed by atoms with van der Waals surface area (Å²) in [6.45, 7) is 4.00. The molecule has 0 saturated carbocycles. The van der Waals surface area contributed by atoms with Crippen LogP contribution in [0.25, 0.3) is 11.4 Å². The quantitative estimate of drug-likeness (QED) is 0.630. The minimum atomic E-state index is 0.358. The van der Waals surface area contributed by atoms with Crippen LogP contribution in [0.2, 0.25) is 0 Å². The van der Waals surface area contributed by atoms with E-state index in [1.807, 2.05) is 31.3 Å². The number of nitriles is 1. The molecule has 0 bridgehead atoms. The van der Waals surface area contributed by atoms with Crippen LogP contribution in [0, 0.1) is 18.3 Å². The average Bonchev–Trinajstić information content (AvgIpc) is 3.09. The number of anilines is 1. The Hall–Kier alpha value is -2.89. The first-order valence-corrected chi connectivity index (χ1v) is 11.5. The summed E-state index contributed by atoms with van der Waals surface area (Å²) < 4.78 is 4.51. The summed E-state index contributed by atoms with van der Waals surface area (Å²) in [5.74, 6) is 1.73. The highest BCUT2D eigenvalue weighted by molar-refractivity contribution is 7.97. The largest absolute Gasteiger partial charge is 0.351 e. The molecular formula is C23H25N7S. The molecule has 0 radical (unpaired) electrons.